The highest BCUT2D eigenvalue weighted by atomic mass is 14.6. The average Bonchev–Trinajstić information content (AvgIpc) is 2.63. The highest BCUT2D eigenvalue weighted by Gasteiger charge is 2.53. The maximum absolute atomic E-state index is 2.63. The molecule has 3 aliphatic rings. The molecule has 0 radical (unpaired) electrons. The lowest BCUT2D eigenvalue weighted by Crippen LogP contribution is -2.36. The van der Waals surface area contributed by atoms with Crippen LogP contribution in [0.1, 0.15) is 79.1 Å². The SMILES string of the molecule is CC1CCC(C2CC3CCCC(C)C3C2(C)C)CC1. The van der Waals surface area contributed by atoms with Crippen molar-refractivity contribution in [1.82, 2.24) is 0 Å². The zero-order chi connectivity index (χ0) is 13.6. The van der Waals surface area contributed by atoms with Gasteiger partial charge in [-0.3, -0.25) is 0 Å². The standard InChI is InChI=1S/C19H34/c1-13-8-10-15(11-9-13)17-12-16-7-5-6-14(2)18(16)19(17,3)4/h13-18H,5-12H2,1-4H3. The fourth-order valence-electron chi connectivity index (χ4n) is 6.50. The molecule has 3 rings (SSSR count). The quantitative estimate of drug-likeness (QED) is 0.551. The zero-order valence-electron chi connectivity index (χ0n) is 13.6. The molecule has 3 saturated carbocycles. The van der Waals surface area contributed by atoms with Crippen LogP contribution in [0.15, 0.2) is 0 Å². The minimum Gasteiger partial charge on any atom is -0.0625 e. The molecule has 0 heterocycles. The molecule has 3 fully saturated rings. The van der Waals surface area contributed by atoms with Crippen molar-refractivity contribution in [2.24, 2.45) is 40.9 Å². The van der Waals surface area contributed by atoms with Crippen molar-refractivity contribution >= 4 is 0 Å². The molecule has 0 aromatic carbocycles. The molecule has 4 atom stereocenters. The van der Waals surface area contributed by atoms with Crippen LogP contribution < -0.4 is 0 Å². The van der Waals surface area contributed by atoms with Crippen LogP contribution in [0.4, 0.5) is 0 Å². The lowest BCUT2D eigenvalue weighted by atomic mass is 9.61. The molecule has 0 amide bonds. The van der Waals surface area contributed by atoms with Gasteiger partial charge in [-0.05, 0) is 60.2 Å². The summed E-state index contributed by atoms with van der Waals surface area (Å²) >= 11 is 0. The Balaban J connectivity index is 1.76. The van der Waals surface area contributed by atoms with Gasteiger partial charge in [-0.2, -0.15) is 0 Å². The summed E-state index contributed by atoms with van der Waals surface area (Å²) in [4.78, 5) is 0. The van der Waals surface area contributed by atoms with E-state index in [1.165, 1.54) is 44.9 Å². The molecular weight excluding hydrogens is 228 g/mol. The Morgan fingerprint density at radius 1 is 0.789 bits per heavy atom. The van der Waals surface area contributed by atoms with Gasteiger partial charge in [0.15, 0.2) is 0 Å². The van der Waals surface area contributed by atoms with Crippen LogP contribution in [0.5, 0.6) is 0 Å². The van der Waals surface area contributed by atoms with Crippen molar-refractivity contribution in [3.63, 3.8) is 0 Å². The van der Waals surface area contributed by atoms with Crippen LogP contribution in [0.2, 0.25) is 0 Å². The number of rotatable bonds is 1. The summed E-state index contributed by atoms with van der Waals surface area (Å²) in [6.07, 6.45) is 12.2. The Morgan fingerprint density at radius 3 is 2.11 bits per heavy atom. The Kier molecular flexibility index (Phi) is 3.73. The predicted octanol–water partition coefficient (Wildman–Crippen LogP) is 5.91. The van der Waals surface area contributed by atoms with E-state index in [4.69, 9.17) is 0 Å². The van der Waals surface area contributed by atoms with E-state index in [-0.39, 0.29) is 0 Å². The van der Waals surface area contributed by atoms with Gasteiger partial charge in [0, 0.05) is 0 Å². The topological polar surface area (TPSA) is 0 Å². The van der Waals surface area contributed by atoms with Crippen LogP contribution in [0, 0.1) is 40.9 Å². The van der Waals surface area contributed by atoms with E-state index in [1.54, 1.807) is 6.42 Å². The highest BCUT2D eigenvalue weighted by molar-refractivity contribution is 5.02. The first-order chi connectivity index (χ1) is 9.00. The predicted molar refractivity (Wildman–Crippen MR) is 83.0 cm³/mol. The minimum atomic E-state index is 0.621. The third-order valence-corrected chi connectivity index (χ3v) is 7.36. The molecule has 0 aromatic rings. The summed E-state index contributed by atoms with van der Waals surface area (Å²) in [5.74, 6) is 6.19. The molecule has 110 valence electrons. The second-order valence-corrected chi connectivity index (χ2v) is 8.88. The third kappa shape index (κ3) is 2.38. The van der Waals surface area contributed by atoms with Crippen molar-refractivity contribution in [3.05, 3.63) is 0 Å². The molecule has 0 aliphatic heterocycles. The van der Waals surface area contributed by atoms with Crippen LogP contribution in [-0.4, -0.2) is 0 Å². The van der Waals surface area contributed by atoms with Crippen molar-refractivity contribution in [1.29, 1.82) is 0 Å². The van der Waals surface area contributed by atoms with E-state index < -0.39 is 0 Å². The summed E-state index contributed by atoms with van der Waals surface area (Å²) in [6, 6.07) is 0. The third-order valence-electron chi connectivity index (χ3n) is 7.36. The molecule has 3 aliphatic carbocycles. The molecule has 0 N–H and O–H groups in total. The van der Waals surface area contributed by atoms with Gasteiger partial charge in [0.2, 0.25) is 0 Å². The van der Waals surface area contributed by atoms with Gasteiger partial charge in [0.1, 0.15) is 0 Å². The maximum Gasteiger partial charge on any atom is -0.0290 e. The summed E-state index contributed by atoms with van der Waals surface area (Å²) in [5.41, 5.74) is 0.621. The van der Waals surface area contributed by atoms with Crippen molar-refractivity contribution in [3.8, 4) is 0 Å². The average molecular weight is 262 g/mol. The van der Waals surface area contributed by atoms with Crippen LogP contribution in [-0.2, 0) is 0 Å². The Hall–Kier alpha value is 0. The zero-order valence-corrected chi connectivity index (χ0v) is 13.6. The molecule has 0 aromatic heterocycles. The first-order valence-corrected chi connectivity index (χ1v) is 9.00. The second kappa shape index (κ2) is 5.08. The first kappa shape index (κ1) is 14.0. The Labute approximate surface area is 120 Å². The van der Waals surface area contributed by atoms with Gasteiger partial charge in [-0.1, -0.05) is 59.8 Å². The van der Waals surface area contributed by atoms with Gasteiger partial charge >= 0.3 is 0 Å². The minimum absolute atomic E-state index is 0.621. The molecular formula is C19H34. The van der Waals surface area contributed by atoms with Crippen molar-refractivity contribution in [2.75, 3.05) is 0 Å². The van der Waals surface area contributed by atoms with E-state index in [9.17, 15) is 0 Å². The summed E-state index contributed by atoms with van der Waals surface area (Å²) in [5, 5.41) is 0. The van der Waals surface area contributed by atoms with E-state index in [0.29, 0.717) is 5.41 Å². The fraction of sp³-hybridized carbons (Fsp3) is 1.00. The lowest BCUT2D eigenvalue weighted by Gasteiger charge is -2.44. The van der Waals surface area contributed by atoms with Crippen LogP contribution in [0.25, 0.3) is 0 Å². The van der Waals surface area contributed by atoms with Gasteiger partial charge in [0.05, 0.1) is 0 Å². The Morgan fingerprint density at radius 2 is 1.47 bits per heavy atom. The lowest BCUT2D eigenvalue weighted by molar-refractivity contribution is 0.0526. The van der Waals surface area contributed by atoms with Gasteiger partial charge in [0.25, 0.3) is 0 Å². The molecule has 0 saturated heterocycles. The molecule has 19 heavy (non-hydrogen) atoms. The molecule has 0 heteroatoms. The molecule has 0 bridgehead atoms. The number of hydrogen-bond acceptors (Lipinski definition) is 0. The maximum atomic E-state index is 2.63. The molecule has 4 unspecified atom stereocenters. The van der Waals surface area contributed by atoms with Crippen molar-refractivity contribution in [2.45, 2.75) is 79.1 Å². The second-order valence-electron chi connectivity index (χ2n) is 8.88. The molecule has 0 spiro atoms. The fourth-order valence-corrected chi connectivity index (χ4v) is 6.50. The van der Waals surface area contributed by atoms with E-state index in [0.717, 1.165) is 35.5 Å². The largest absolute Gasteiger partial charge is 0.0625 e. The summed E-state index contributed by atoms with van der Waals surface area (Å²) in [6.45, 7) is 10.3. The van der Waals surface area contributed by atoms with Crippen LogP contribution in [0.3, 0.4) is 0 Å². The normalized spacial score (nSPS) is 49.9. The van der Waals surface area contributed by atoms with Gasteiger partial charge in [-0.15, -0.1) is 0 Å². The van der Waals surface area contributed by atoms with E-state index in [2.05, 4.69) is 27.7 Å². The summed E-state index contributed by atoms with van der Waals surface area (Å²) in [7, 11) is 0. The molecule has 0 nitrogen and oxygen atoms in total. The van der Waals surface area contributed by atoms with Crippen LogP contribution >= 0.6 is 0 Å². The number of fused-ring (bicyclic) bond motifs is 1. The van der Waals surface area contributed by atoms with E-state index in [1.807, 2.05) is 0 Å². The number of hydrogen-bond donors (Lipinski definition) is 0. The Bertz CT molecular complexity index is 308. The van der Waals surface area contributed by atoms with E-state index >= 15 is 0 Å². The van der Waals surface area contributed by atoms with Gasteiger partial charge in [-0.25, -0.2) is 0 Å². The van der Waals surface area contributed by atoms with Gasteiger partial charge < -0.3 is 0 Å². The van der Waals surface area contributed by atoms with Crippen molar-refractivity contribution < 1.29 is 0 Å². The first-order valence-electron chi connectivity index (χ1n) is 9.00. The smallest absolute Gasteiger partial charge is 0.0290 e. The monoisotopic (exact) mass is 262 g/mol. The summed E-state index contributed by atoms with van der Waals surface area (Å²) < 4.78 is 0. The highest BCUT2D eigenvalue weighted by Crippen LogP contribution is 2.61.